The molecule has 0 aliphatic rings. The number of amides is 1. The lowest BCUT2D eigenvalue weighted by Gasteiger charge is -2.08. The summed E-state index contributed by atoms with van der Waals surface area (Å²) < 4.78 is 1.61. The average molecular weight is 253 g/mol. The van der Waals surface area contributed by atoms with Gasteiger partial charge in [-0.15, -0.1) is 0 Å². The highest BCUT2D eigenvalue weighted by molar-refractivity contribution is 5.75. The van der Waals surface area contributed by atoms with Gasteiger partial charge in [-0.05, 0) is 26.2 Å². The van der Waals surface area contributed by atoms with Crippen LogP contribution in [0.3, 0.4) is 0 Å². The molecule has 0 aliphatic heterocycles. The van der Waals surface area contributed by atoms with E-state index in [9.17, 15) is 9.59 Å². The van der Waals surface area contributed by atoms with Crippen LogP contribution in [0.2, 0.25) is 0 Å². The van der Waals surface area contributed by atoms with Crippen LogP contribution >= 0.6 is 0 Å². The van der Waals surface area contributed by atoms with E-state index in [1.54, 1.807) is 4.57 Å². The van der Waals surface area contributed by atoms with Gasteiger partial charge in [0.05, 0.1) is 0 Å². The molecule has 0 bridgehead atoms. The number of aryl methyl sites for hydroxylation is 1. The predicted molar refractivity (Wildman–Crippen MR) is 71.6 cm³/mol. The van der Waals surface area contributed by atoms with Gasteiger partial charge >= 0.3 is 5.69 Å². The molecule has 2 N–H and O–H groups in total. The number of nitrogens with zero attached hydrogens (tertiary/aromatic N) is 1. The Morgan fingerprint density at radius 3 is 2.56 bits per heavy atom. The molecule has 5 heteroatoms. The van der Waals surface area contributed by atoms with Crippen molar-refractivity contribution in [1.82, 2.24) is 14.9 Å². The zero-order chi connectivity index (χ0) is 13.7. The molecule has 0 aliphatic carbocycles. The molecule has 102 valence electrons. The highest BCUT2D eigenvalue weighted by atomic mass is 16.2. The van der Waals surface area contributed by atoms with Crippen LogP contribution in [0.4, 0.5) is 0 Å². The van der Waals surface area contributed by atoms with Crippen LogP contribution in [0, 0.1) is 19.8 Å². The molecule has 0 aromatic carbocycles. The summed E-state index contributed by atoms with van der Waals surface area (Å²) in [6.07, 6.45) is 1.32. The van der Waals surface area contributed by atoms with E-state index in [4.69, 9.17) is 0 Å². The van der Waals surface area contributed by atoms with Gasteiger partial charge in [-0.25, -0.2) is 4.79 Å². The van der Waals surface area contributed by atoms with Crippen molar-refractivity contribution in [2.24, 2.45) is 5.92 Å². The van der Waals surface area contributed by atoms with Gasteiger partial charge in [-0.3, -0.25) is 9.36 Å². The number of aromatic nitrogens is 2. The summed E-state index contributed by atoms with van der Waals surface area (Å²) in [7, 11) is 0. The smallest absolute Gasteiger partial charge is 0.325 e. The second kappa shape index (κ2) is 6.42. The Morgan fingerprint density at radius 1 is 1.39 bits per heavy atom. The zero-order valence-electron chi connectivity index (χ0n) is 11.7. The Kier molecular flexibility index (Phi) is 5.19. The number of H-pyrrole nitrogens is 1. The summed E-state index contributed by atoms with van der Waals surface area (Å²) in [6.45, 7) is 9.12. The number of nitrogens with one attached hydrogen (secondary N) is 2. The molecule has 5 nitrogen and oxygen atoms in total. The van der Waals surface area contributed by atoms with Crippen molar-refractivity contribution in [1.29, 1.82) is 0 Å². The summed E-state index contributed by atoms with van der Waals surface area (Å²) in [4.78, 5) is 25.9. The van der Waals surface area contributed by atoms with Gasteiger partial charge in [0.1, 0.15) is 0 Å². The molecule has 0 fully saturated rings. The lowest BCUT2D eigenvalue weighted by atomic mass is 10.1. The van der Waals surface area contributed by atoms with Crippen molar-refractivity contribution in [2.75, 3.05) is 6.54 Å². The molecule has 0 radical (unpaired) electrons. The largest absolute Gasteiger partial charge is 0.356 e. The van der Waals surface area contributed by atoms with Crippen molar-refractivity contribution in [3.05, 3.63) is 21.9 Å². The molecule has 1 rings (SSSR count). The van der Waals surface area contributed by atoms with E-state index in [-0.39, 0.29) is 11.6 Å². The minimum absolute atomic E-state index is 0.000744. The van der Waals surface area contributed by atoms with Crippen LogP contribution in [0.15, 0.2) is 4.79 Å². The third-order valence-electron chi connectivity index (χ3n) is 3.09. The van der Waals surface area contributed by atoms with Gasteiger partial charge in [0.15, 0.2) is 0 Å². The second-order valence-corrected chi connectivity index (χ2v) is 5.07. The van der Waals surface area contributed by atoms with Crippen molar-refractivity contribution in [3.8, 4) is 0 Å². The summed E-state index contributed by atoms with van der Waals surface area (Å²) in [5.41, 5.74) is 1.62. The molecular formula is C13H23N3O2. The van der Waals surface area contributed by atoms with E-state index in [2.05, 4.69) is 24.1 Å². The van der Waals surface area contributed by atoms with Crippen molar-refractivity contribution >= 4 is 5.91 Å². The first kappa shape index (κ1) is 14.5. The Bertz CT molecular complexity index is 457. The Balaban J connectivity index is 2.41. The molecular weight excluding hydrogens is 230 g/mol. The van der Waals surface area contributed by atoms with E-state index < -0.39 is 0 Å². The molecule has 0 spiro atoms. The summed E-state index contributed by atoms with van der Waals surface area (Å²) in [6, 6.07) is 0. The van der Waals surface area contributed by atoms with Crippen LogP contribution in [-0.2, 0) is 11.3 Å². The predicted octanol–water partition coefficient (Wildman–Crippen LogP) is 1.35. The van der Waals surface area contributed by atoms with Gasteiger partial charge in [0.2, 0.25) is 5.91 Å². The molecule has 1 aromatic heterocycles. The minimum Gasteiger partial charge on any atom is -0.356 e. The first-order chi connectivity index (χ1) is 8.41. The normalized spacial score (nSPS) is 10.9. The van der Waals surface area contributed by atoms with Gasteiger partial charge in [0, 0.05) is 30.9 Å². The molecule has 0 saturated carbocycles. The average Bonchev–Trinajstić information content (AvgIpc) is 2.50. The number of imidazole rings is 1. The van der Waals surface area contributed by atoms with Crippen LogP contribution in [0.25, 0.3) is 0 Å². The SMILES string of the molecule is Cc1[nH]c(=O)n(CCC(=O)NCCC(C)C)c1C. The van der Waals surface area contributed by atoms with Crippen molar-refractivity contribution in [3.63, 3.8) is 0 Å². The van der Waals surface area contributed by atoms with Gasteiger partial charge < -0.3 is 10.3 Å². The number of carbonyl (C=O) groups is 1. The Labute approximate surface area is 108 Å². The van der Waals surface area contributed by atoms with Crippen molar-refractivity contribution < 1.29 is 4.79 Å². The maximum absolute atomic E-state index is 11.6. The summed E-state index contributed by atoms with van der Waals surface area (Å²) >= 11 is 0. The fraction of sp³-hybridized carbons (Fsp3) is 0.692. The fourth-order valence-corrected chi connectivity index (χ4v) is 1.74. The number of rotatable bonds is 6. The number of aromatic amines is 1. The molecule has 18 heavy (non-hydrogen) atoms. The molecule has 0 saturated heterocycles. The van der Waals surface area contributed by atoms with Gasteiger partial charge in [-0.1, -0.05) is 13.8 Å². The highest BCUT2D eigenvalue weighted by Gasteiger charge is 2.08. The molecule has 1 aromatic rings. The fourth-order valence-electron chi connectivity index (χ4n) is 1.74. The maximum Gasteiger partial charge on any atom is 0.325 e. The third-order valence-corrected chi connectivity index (χ3v) is 3.09. The molecule has 1 amide bonds. The van der Waals surface area contributed by atoms with Crippen LogP contribution < -0.4 is 11.0 Å². The van der Waals surface area contributed by atoms with E-state index in [1.165, 1.54) is 0 Å². The quantitative estimate of drug-likeness (QED) is 0.803. The van der Waals surface area contributed by atoms with Gasteiger partial charge in [0.25, 0.3) is 0 Å². The van der Waals surface area contributed by atoms with E-state index in [1.807, 2.05) is 13.8 Å². The maximum atomic E-state index is 11.6. The molecule has 0 unspecified atom stereocenters. The number of carbonyl (C=O) groups excluding carboxylic acids is 1. The first-order valence-corrected chi connectivity index (χ1v) is 6.44. The number of hydrogen-bond donors (Lipinski definition) is 2. The van der Waals surface area contributed by atoms with E-state index in [0.717, 1.165) is 17.8 Å². The lowest BCUT2D eigenvalue weighted by molar-refractivity contribution is -0.121. The standard InChI is InChI=1S/C13H23N3O2/c1-9(2)5-7-14-12(17)6-8-16-11(4)10(3)15-13(16)18/h9H,5-8H2,1-4H3,(H,14,17)(H,15,18). The Hall–Kier alpha value is -1.52. The monoisotopic (exact) mass is 253 g/mol. The van der Waals surface area contributed by atoms with E-state index >= 15 is 0 Å². The minimum atomic E-state index is -0.139. The first-order valence-electron chi connectivity index (χ1n) is 6.44. The topological polar surface area (TPSA) is 66.9 Å². The summed E-state index contributed by atoms with van der Waals surface area (Å²) in [5.74, 6) is 0.586. The van der Waals surface area contributed by atoms with Crippen molar-refractivity contribution in [2.45, 2.75) is 47.1 Å². The van der Waals surface area contributed by atoms with E-state index in [0.29, 0.717) is 25.4 Å². The zero-order valence-corrected chi connectivity index (χ0v) is 11.7. The lowest BCUT2D eigenvalue weighted by Crippen LogP contribution is -2.28. The summed E-state index contributed by atoms with van der Waals surface area (Å²) in [5, 5.41) is 2.87. The Morgan fingerprint density at radius 2 is 2.06 bits per heavy atom. The van der Waals surface area contributed by atoms with Crippen LogP contribution in [0.5, 0.6) is 0 Å². The number of hydrogen-bond acceptors (Lipinski definition) is 2. The third kappa shape index (κ3) is 4.05. The van der Waals surface area contributed by atoms with Crippen LogP contribution in [-0.4, -0.2) is 22.0 Å². The molecule has 1 heterocycles. The second-order valence-electron chi connectivity index (χ2n) is 5.07. The van der Waals surface area contributed by atoms with Gasteiger partial charge in [-0.2, -0.15) is 0 Å². The van der Waals surface area contributed by atoms with Crippen LogP contribution in [0.1, 0.15) is 38.1 Å². The highest BCUT2D eigenvalue weighted by Crippen LogP contribution is 2.01. The molecule has 0 atom stereocenters.